The second-order valence-corrected chi connectivity index (χ2v) is 12.5. The van der Waals surface area contributed by atoms with Crippen molar-refractivity contribution in [3.05, 3.63) is 125 Å². The average Bonchev–Trinajstić information content (AvgIpc) is 3.03. The van der Waals surface area contributed by atoms with Gasteiger partial charge in [0, 0.05) is 25.0 Å². The Morgan fingerprint density at radius 3 is 2.14 bits per heavy atom. The molecular formula is C34H36ClN3O5S. The third-order valence-corrected chi connectivity index (χ3v) is 9.30. The maximum atomic E-state index is 14.4. The smallest absolute Gasteiger partial charge is 0.264 e. The zero-order valence-corrected chi connectivity index (χ0v) is 26.5. The van der Waals surface area contributed by atoms with Gasteiger partial charge in [-0.25, -0.2) is 8.42 Å². The van der Waals surface area contributed by atoms with Crippen LogP contribution in [-0.4, -0.2) is 51.4 Å². The van der Waals surface area contributed by atoms with Gasteiger partial charge in [0.2, 0.25) is 11.8 Å². The molecule has 0 aliphatic rings. The van der Waals surface area contributed by atoms with Gasteiger partial charge in [-0.1, -0.05) is 77.8 Å². The molecule has 0 saturated carbocycles. The van der Waals surface area contributed by atoms with E-state index in [0.717, 1.165) is 15.4 Å². The molecule has 4 aromatic rings. The summed E-state index contributed by atoms with van der Waals surface area (Å²) >= 11 is 6.50. The Hall–Kier alpha value is -4.34. The van der Waals surface area contributed by atoms with Gasteiger partial charge in [0.25, 0.3) is 10.0 Å². The number of aryl methyl sites for hydroxylation is 1. The van der Waals surface area contributed by atoms with Crippen LogP contribution in [0.15, 0.2) is 108 Å². The minimum absolute atomic E-state index is 0.000816. The minimum Gasteiger partial charge on any atom is -0.494 e. The number of ether oxygens (including phenoxy) is 1. The molecule has 10 heteroatoms. The highest BCUT2D eigenvalue weighted by atomic mass is 35.5. The Labute approximate surface area is 264 Å². The van der Waals surface area contributed by atoms with Gasteiger partial charge in [0.1, 0.15) is 18.3 Å². The molecule has 0 aliphatic heterocycles. The van der Waals surface area contributed by atoms with E-state index in [2.05, 4.69) is 5.32 Å². The Morgan fingerprint density at radius 2 is 1.52 bits per heavy atom. The Kier molecular flexibility index (Phi) is 11.0. The van der Waals surface area contributed by atoms with Crippen molar-refractivity contribution in [3.63, 3.8) is 0 Å². The predicted octanol–water partition coefficient (Wildman–Crippen LogP) is 5.63. The van der Waals surface area contributed by atoms with Crippen LogP contribution in [0.1, 0.15) is 23.6 Å². The van der Waals surface area contributed by atoms with Crippen LogP contribution < -0.4 is 14.4 Å². The van der Waals surface area contributed by atoms with Crippen LogP contribution in [0.25, 0.3) is 0 Å². The van der Waals surface area contributed by atoms with E-state index in [1.165, 1.54) is 24.1 Å². The Bertz CT molecular complexity index is 1660. The number of rotatable bonds is 13. The van der Waals surface area contributed by atoms with Crippen molar-refractivity contribution in [3.8, 4) is 5.75 Å². The van der Waals surface area contributed by atoms with Crippen molar-refractivity contribution >= 4 is 39.1 Å². The molecule has 44 heavy (non-hydrogen) atoms. The first-order valence-electron chi connectivity index (χ1n) is 14.2. The van der Waals surface area contributed by atoms with E-state index in [1.54, 1.807) is 60.7 Å². The number of anilines is 1. The van der Waals surface area contributed by atoms with Crippen LogP contribution in [-0.2, 0) is 32.6 Å². The lowest BCUT2D eigenvalue weighted by molar-refractivity contribution is -0.139. The van der Waals surface area contributed by atoms with Crippen LogP contribution in [0.2, 0.25) is 5.02 Å². The fourth-order valence-electron chi connectivity index (χ4n) is 4.77. The molecule has 0 unspecified atom stereocenters. The fourth-order valence-corrected chi connectivity index (χ4v) is 6.38. The summed E-state index contributed by atoms with van der Waals surface area (Å²) in [6.07, 6.45) is 0.215. The molecule has 2 amide bonds. The number of nitrogens with one attached hydrogen (secondary N) is 1. The van der Waals surface area contributed by atoms with Crippen molar-refractivity contribution in [2.24, 2.45) is 0 Å². The van der Waals surface area contributed by atoms with E-state index < -0.39 is 28.5 Å². The van der Waals surface area contributed by atoms with Crippen molar-refractivity contribution < 1.29 is 22.7 Å². The fraction of sp³-hybridized carbons (Fsp3) is 0.235. The highest BCUT2D eigenvalue weighted by Gasteiger charge is 2.34. The van der Waals surface area contributed by atoms with Crippen LogP contribution in [0, 0.1) is 6.92 Å². The monoisotopic (exact) mass is 633 g/mol. The molecule has 0 heterocycles. The molecular weight excluding hydrogens is 598 g/mol. The highest BCUT2D eigenvalue weighted by Crippen LogP contribution is 2.27. The van der Waals surface area contributed by atoms with Gasteiger partial charge in [0.05, 0.1) is 17.2 Å². The lowest BCUT2D eigenvalue weighted by atomic mass is 10.0. The average molecular weight is 634 g/mol. The summed E-state index contributed by atoms with van der Waals surface area (Å²) in [5.41, 5.74) is 2.72. The summed E-state index contributed by atoms with van der Waals surface area (Å²) in [7, 11) is -2.71. The molecule has 0 radical (unpaired) electrons. The third kappa shape index (κ3) is 7.98. The summed E-state index contributed by atoms with van der Waals surface area (Å²) in [6, 6.07) is 28.4. The number of carbonyl (C=O) groups excluding carboxylic acids is 2. The van der Waals surface area contributed by atoms with Gasteiger partial charge in [-0.3, -0.25) is 13.9 Å². The summed E-state index contributed by atoms with van der Waals surface area (Å²) in [6.45, 7) is 3.61. The molecule has 0 aliphatic carbocycles. The molecule has 1 N–H and O–H groups in total. The minimum atomic E-state index is -4.22. The van der Waals surface area contributed by atoms with Gasteiger partial charge in [-0.15, -0.1) is 0 Å². The van der Waals surface area contributed by atoms with Crippen molar-refractivity contribution in [1.82, 2.24) is 10.2 Å². The lowest BCUT2D eigenvalue weighted by Gasteiger charge is -2.33. The zero-order chi connectivity index (χ0) is 31.7. The SMILES string of the molecule is CCOc1ccc(S(=O)(=O)N(CC(=O)N(Cc2ccccc2Cl)[C@@H](Cc2ccccc2)C(=O)NC)c2ccc(C)cc2)cc1. The number of halogens is 1. The second kappa shape index (κ2) is 14.9. The van der Waals surface area contributed by atoms with Crippen molar-refractivity contribution in [1.29, 1.82) is 0 Å². The van der Waals surface area contributed by atoms with Gasteiger partial charge in [-0.05, 0) is 67.4 Å². The van der Waals surface area contributed by atoms with E-state index in [1.807, 2.05) is 44.2 Å². The number of nitrogens with zero attached hydrogens (tertiary/aromatic N) is 2. The molecule has 0 saturated heterocycles. The third-order valence-electron chi connectivity index (χ3n) is 7.14. The highest BCUT2D eigenvalue weighted by molar-refractivity contribution is 7.92. The van der Waals surface area contributed by atoms with Crippen LogP contribution in [0.3, 0.4) is 0 Å². The molecule has 0 aromatic heterocycles. The summed E-state index contributed by atoms with van der Waals surface area (Å²) in [4.78, 5) is 29.1. The quantitative estimate of drug-likeness (QED) is 0.206. The maximum absolute atomic E-state index is 14.4. The normalized spacial score (nSPS) is 11.8. The van der Waals surface area contributed by atoms with E-state index >= 15 is 0 Å². The summed E-state index contributed by atoms with van der Waals surface area (Å²) in [5, 5.41) is 3.10. The lowest BCUT2D eigenvalue weighted by Crippen LogP contribution is -2.53. The molecule has 0 bridgehead atoms. The first-order chi connectivity index (χ1) is 21.1. The van der Waals surface area contributed by atoms with E-state index in [-0.39, 0.29) is 23.8 Å². The van der Waals surface area contributed by atoms with Gasteiger partial charge in [-0.2, -0.15) is 0 Å². The Morgan fingerprint density at radius 1 is 0.886 bits per heavy atom. The number of amides is 2. The summed E-state index contributed by atoms with van der Waals surface area (Å²) < 4.78 is 34.8. The second-order valence-electron chi connectivity index (χ2n) is 10.2. The number of likely N-dealkylation sites (N-methyl/N-ethyl adjacent to an activating group) is 1. The van der Waals surface area contributed by atoms with Crippen molar-refractivity contribution in [2.45, 2.75) is 37.8 Å². The van der Waals surface area contributed by atoms with Crippen LogP contribution in [0.4, 0.5) is 5.69 Å². The van der Waals surface area contributed by atoms with Crippen LogP contribution >= 0.6 is 11.6 Å². The maximum Gasteiger partial charge on any atom is 0.264 e. The first-order valence-corrected chi connectivity index (χ1v) is 16.1. The number of hydrogen-bond acceptors (Lipinski definition) is 5. The largest absolute Gasteiger partial charge is 0.494 e. The van der Waals surface area contributed by atoms with Gasteiger partial charge < -0.3 is 15.0 Å². The van der Waals surface area contributed by atoms with Crippen LogP contribution in [0.5, 0.6) is 5.75 Å². The molecule has 0 spiro atoms. The molecule has 4 aromatic carbocycles. The Balaban J connectivity index is 1.78. The number of sulfonamides is 1. The van der Waals surface area contributed by atoms with E-state index in [4.69, 9.17) is 16.3 Å². The topological polar surface area (TPSA) is 96.0 Å². The standard InChI is InChI=1S/C34H36ClN3O5S/c1-4-43-29-18-20-30(21-19-29)44(41,42)38(28-16-14-25(2)15-17-28)24-33(39)37(23-27-12-8-9-13-31(27)35)32(34(40)36-3)22-26-10-6-5-7-11-26/h5-21,32H,4,22-24H2,1-3H3,(H,36,40)/t32-/m0/s1. The van der Waals surface area contributed by atoms with Crippen molar-refractivity contribution in [2.75, 3.05) is 24.5 Å². The first kappa shape index (κ1) is 32.6. The molecule has 1 atom stereocenters. The van der Waals surface area contributed by atoms with Gasteiger partial charge >= 0.3 is 0 Å². The predicted molar refractivity (Wildman–Crippen MR) is 173 cm³/mol. The number of hydrogen-bond donors (Lipinski definition) is 1. The molecule has 230 valence electrons. The molecule has 8 nitrogen and oxygen atoms in total. The van der Waals surface area contributed by atoms with E-state index in [0.29, 0.717) is 28.6 Å². The molecule has 0 fully saturated rings. The number of carbonyl (C=O) groups is 2. The number of benzene rings is 4. The van der Waals surface area contributed by atoms with E-state index in [9.17, 15) is 18.0 Å². The molecule has 4 rings (SSSR count). The zero-order valence-electron chi connectivity index (χ0n) is 24.9. The summed E-state index contributed by atoms with van der Waals surface area (Å²) in [5.74, 6) is -0.417. The van der Waals surface area contributed by atoms with Gasteiger partial charge in [0.15, 0.2) is 0 Å².